The predicted molar refractivity (Wildman–Crippen MR) is 82.0 cm³/mol. The average Bonchev–Trinajstić information content (AvgIpc) is 2.93. The third-order valence-electron chi connectivity index (χ3n) is 3.19. The molecule has 0 aliphatic heterocycles. The Bertz CT molecular complexity index is 465. The molecule has 3 nitrogen and oxygen atoms in total. The van der Waals surface area contributed by atoms with Crippen LogP contribution in [0.2, 0.25) is 0 Å². The Morgan fingerprint density at radius 1 is 1.32 bits per heavy atom. The second-order valence-corrected chi connectivity index (χ2v) is 5.50. The first-order chi connectivity index (χ1) is 9.29. The first-order valence-corrected chi connectivity index (χ1v) is 7.55. The molecule has 0 saturated carbocycles. The van der Waals surface area contributed by atoms with Gasteiger partial charge in [0.05, 0.1) is 0 Å². The van der Waals surface area contributed by atoms with Crippen molar-refractivity contribution >= 4 is 15.9 Å². The summed E-state index contributed by atoms with van der Waals surface area (Å²) in [5, 5.41) is 7.82. The van der Waals surface area contributed by atoms with Gasteiger partial charge in [-0.25, -0.2) is 0 Å². The summed E-state index contributed by atoms with van der Waals surface area (Å²) >= 11 is 3.47. The molecule has 1 atom stereocenters. The predicted octanol–water partition coefficient (Wildman–Crippen LogP) is 3.78. The van der Waals surface area contributed by atoms with Crippen LogP contribution in [0.4, 0.5) is 0 Å². The van der Waals surface area contributed by atoms with Crippen LogP contribution in [0.1, 0.15) is 31.4 Å². The molecule has 0 fully saturated rings. The van der Waals surface area contributed by atoms with Crippen molar-refractivity contribution in [3.05, 3.63) is 52.8 Å². The van der Waals surface area contributed by atoms with Crippen LogP contribution in [-0.2, 0) is 6.54 Å². The molecule has 2 rings (SSSR count). The van der Waals surface area contributed by atoms with Crippen molar-refractivity contribution in [3.8, 4) is 0 Å². The summed E-state index contributed by atoms with van der Waals surface area (Å²) in [7, 11) is 0. The Hall–Kier alpha value is -1.13. The standard InChI is InChI=1S/C15H20BrN3/c1-2-15(13-5-7-14(16)8-6-13)17-9-3-11-19-12-4-10-18-19/h4-8,10,12,15,17H,2-3,9,11H2,1H3. The van der Waals surface area contributed by atoms with Crippen LogP contribution in [0, 0.1) is 0 Å². The number of aromatic nitrogens is 2. The molecule has 102 valence electrons. The van der Waals surface area contributed by atoms with Crippen molar-refractivity contribution < 1.29 is 0 Å². The monoisotopic (exact) mass is 321 g/mol. The summed E-state index contributed by atoms with van der Waals surface area (Å²) in [5.41, 5.74) is 1.35. The molecule has 1 heterocycles. The van der Waals surface area contributed by atoms with Crippen LogP contribution in [0.25, 0.3) is 0 Å². The quantitative estimate of drug-likeness (QED) is 0.786. The zero-order chi connectivity index (χ0) is 13.5. The molecule has 19 heavy (non-hydrogen) atoms. The van der Waals surface area contributed by atoms with Crippen molar-refractivity contribution in [1.29, 1.82) is 0 Å². The Morgan fingerprint density at radius 2 is 2.11 bits per heavy atom. The fourth-order valence-corrected chi connectivity index (χ4v) is 2.41. The Balaban J connectivity index is 1.77. The third kappa shape index (κ3) is 4.48. The highest BCUT2D eigenvalue weighted by molar-refractivity contribution is 9.10. The number of halogens is 1. The number of hydrogen-bond donors (Lipinski definition) is 1. The van der Waals surface area contributed by atoms with Gasteiger partial charge in [0.15, 0.2) is 0 Å². The van der Waals surface area contributed by atoms with Crippen molar-refractivity contribution in [2.75, 3.05) is 6.54 Å². The minimum absolute atomic E-state index is 0.436. The summed E-state index contributed by atoms with van der Waals surface area (Å²) in [4.78, 5) is 0. The van der Waals surface area contributed by atoms with Gasteiger partial charge in [-0.3, -0.25) is 4.68 Å². The van der Waals surface area contributed by atoms with E-state index in [1.807, 2.05) is 23.1 Å². The van der Waals surface area contributed by atoms with Crippen LogP contribution in [-0.4, -0.2) is 16.3 Å². The molecule has 1 aromatic heterocycles. The van der Waals surface area contributed by atoms with Crippen LogP contribution in [0.5, 0.6) is 0 Å². The van der Waals surface area contributed by atoms with Gasteiger partial charge >= 0.3 is 0 Å². The third-order valence-corrected chi connectivity index (χ3v) is 3.72. The molecule has 0 saturated heterocycles. The maximum Gasteiger partial charge on any atom is 0.0489 e. The van der Waals surface area contributed by atoms with Gasteiger partial charge in [0.25, 0.3) is 0 Å². The lowest BCUT2D eigenvalue weighted by Gasteiger charge is -2.17. The Labute approximate surface area is 123 Å². The van der Waals surface area contributed by atoms with Gasteiger partial charge in [-0.15, -0.1) is 0 Å². The van der Waals surface area contributed by atoms with E-state index in [-0.39, 0.29) is 0 Å². The molecule has 2 aromatic rings. The van der Waals surface area contributed by atoms with Crippen LogP contribution >= 0.6 is 15.9 Å². The van der Waals surface area contributed by atoms with Crippen LogP contribution < -0.4 is 5.32 Å². The van der Waals surface area contributed by atoms with Crippen LogP contribution in [0.15, 0.2) is 47.2 Å². The number of rotatable bonds is 7. The normalized spacial score (nSPS) is 12.5. The average molecular weight is 322 g/mol. The summed E-state index contributed by atoms with van der Waals surface area (Å²) < 4.78 is 3.10. The topological polar surface area (TPSA) is 29.9 Å². The summed E-state index contributed by atoms with van der Waals surface area (Å²) in [6.45, 7) is 4.19. The SMILES string of the molecule is CCC(NCCCn1cccn1)c1ccc(Br)cc1. The molecule has 0 aliphatic carbocycles. The van der Waals surface area contributed by atoms with Gasteiger partial charge in [0.1, 0.15) is 0 Å². The Morgan fingerprint density at radius 3 is 2.74 bits per heavy atom. The molecule has 0 amide bonds. The molecule has 0 bridgehead atoms. The van der Waals surface area contributed by atoms with E-state index in [0.29, 0.717) is 6.04 Å². The maximum absolute atomic E-state index is 4.20. The molecule has 1 N–H and O–H groups in total. The summed E-state index contributed by atoms with van der Waals surface area (Å²) in [6.07, 6.45) is 6.02. The minimum atomic E-state index is 0.436. The zero-order valence-corrected chi connectivity index (χ0v) is 12.8. The lowest BCUT2D eigenvalue weighted by Crippen LogP contribution is -2.22. The van der Waals surface area contributed by atoms with Gasteiger partial charge in [-0.05, 0) is 43.1 Å². The van der Waals surface area contributed by atoms with Gasteiger partial charge in [0, 0.05) is 29.5 Å². The van der Waals surface area contributed by atoms with E-state index in [4.69, 9.17) is 0 Å². The fraction of sp³-hybridized carbons (Fsp3) is 0.400. The van der Waals surface area contributed by atoms with Gasteiger partial charge in [-0.2, -0.15) is 5.10 Å². The lowest BCUT2D eigenvalue weighted by molar-refractivity contribution is 0.479. The smallest absolute Gasteiger partial charge is 0.0489 e. The second kappa shape index (κ2) is 7.46. The molecule has 0 spiro atoms. The maximum atomic E-state index is 4.20. The highest BCUT2D eigenvalue weighted by Crippen LogP contribution is 2.19. The minimum Gasteiger partial charge on any atom is -0.310 e. The molecule has 1 aromatic carbocycles. The number of benzene rings is 1. The molecular weight excluding hydrogens is 302 g/mol. The van der Waals surface area contributed by atoms with Gasteiger partial charge in [-0.1, -0.05) is 35.0 Å². The van der Waals surface area contributed by atoms with Crippen molar-refractivity contribution in [3.63, 3.8) is 0 Å². The highest BCUT2D eigenvalue weighted by Gasteiger charge is 2.07. The molecular formula is C15H20BrN3. The first-order valence-electron chi connectivity index (χ1n) is 6.76. The van der Waals surface area contributed by atoms with E-state index in [1.54, 1.807) is 0 Å². The molecule has 4 heteroatoms. The van der Waals surface area contributed by atoms with Crippen LogP contribution in [0.3, 0.4) is 0 Å². The van der Waals surface area contributed by atoms with Crippen molar-refractivity contribution in [2.24, 2.45) is 0 Å². The zero-order valence-electron chi connectivity index (χ0n) is 11.2. The number of aryl methyl sites for hydroxylation is 1. The van der Waals surface area contributed by atoms with Gasteiger partial charge in [0.2, 0.25) is 0 Å². The number of nitrogens with one attached hydrogen (secondary N) is 1. The fourth-order valence-electron chi connectivity index (χ4n) is 2.14. The number of nitrogens with zero attached hydrogens (tertiary/aromatic N) is 2. The Kier molecular flexibility index (Phi) is 5.61. The van der Waals surface area contributed by atoms with E-state index < -0.39 is 0 Å². The summed E-state index contributed by atoms with van der Waals surface area (Å²) in [5.74, 6) is 0. The van der Waals surface area contributed by atoms with E-state index >= 15 is 0 Å². The van der Waals surface area contributed by atoms with E-state index in [9.17, 15) is 0 Å². The first kappa shape index (κ1) is 14.3. The molecule has 0 radical (unpaired) electrons. The number of hydrogen-bond acceptors (Lipinski definition) is 2. The van der Waals surface area contributed by atoms with E-state index in [1.165, 1.54) is 5.56 Å². The molecule has 1 unspecified atom stereocenters. The highest BCUT2D eigenvalue weighted by atomic mass is 79.9. The molecule has 0 aliphatic rings. The van der Waals surface area contributed by atoms with E-state index in [2.05, 4.69) is 57.5 Å². The van der Waals surface area contributed by atoms with E-state index in [0.717, 1.165) is 30.4 Å². The van der Waals surface area contributed by atoms with Gasteiger partial charge < -0.3 is 5.32 Å². The summed E-state index contributed by atoms with van der Waals surface area (Å²) in [6, 6.07) is 11.0. The van der Waals surface area contributed by atoms with Crippen molar-refractivity contribution in [2.45, 2.75) is 32.4 Å². The largest absolute Gasteiger partial charge is 0.310 e. The lowest BCUT2D eigenvalue weighted by atomic mass is 10.0. The second-order valence-electron chi connectivity index (χ2n) is 4.59. The van der Waals surface area contributed by atoms with Crippen molar-refractivity contribution in [1.82, 2.24) is 15.1 Å².